The van der Waals surface area contributed by atoms with Crippen LogP contribution in [0.4, 0.5) is 11.4 Å². The number of carbonyl (C=O) groups excluding carboxylic acids is 3. The van der Waals surface area contributed by atoms with Crippen molar-refractivity contribution in [1.82, 2.24) is 9.80 Å². The lowest BCUT2D eigenvalue weighted by Crippen LogP contribution is -2.50. The van der Waals surface area contributed by atoms with Crippen molar-refractivity contribution in [3.05, 3.63) is 95.1 Å². The quantitative estimate of drug-likeness (QED) is 0.143. The van der Waals surface area contributed by atoms with Gasteiger partial charge in [0.1, 0.15) is 0 Å². The van der Waals surface area contributed by atoms with E-state index >= 15 is 0 Å². The van der Waals surface area contributed by atoms with E-state index in [2.05, 4.69) is 22.0 Å². The van der Waals surface area contributed by atoms with E-state index in [0.29, 0.717) is 43.2 Å². The number of piperazine rings is 1. The molecule has 0 saturated carbocycles. The molecule has 0 aromatic heterocycles. The van der Waals surface area contributed by atoms with Gasteiger partial charge in [-0.1, -0.05) is 43.3 Å². The second kappa shape index (κ2) is 17.2. The molecule has 1 aliphatic carbocycles. The zero-order valence-corrected chi connectivity index (χ0v) is 28.2. The number of esters is 1. The van der Waals surface area contributed by atoms with Gasteiger partial charge in [-0.15, -0.1) is 0 Å². The lowest BCUT2D eigenvalue weighted by molar-refractivity contribution is -0.120. The number of methoxy groups -OCH3 is 1. The number of rotatable bonds is 15. The largest absolute Gasteiger partial charge is 0.465 e. The summed E-state index contributed by atoms with van der Waals surface area (Å²) in [7, 11) is 3.15. The number of ketones is 1. The van der Waals surface area contributed by atoms with Crippen molar-refractivity contribution < 1.29 is 28.6 Å². The van der Waals surface area contributed by atoms with E-state index in [1.807, 2.05) is 60.7 Å². The molecule has 0 atom stereocenters. The van der Waals surface area contributed by atoms with E-state index in [1.54, 1.807) is 24.1 Å². The Labute approximate surface area is 283 Å². The summed E-state index contributed by atoms with van der Waals surface area (Å²) in [6.07, 6.45) is 1.23. The SMILES string of the molecule is CCCOCCOCCN1CCN(CC(=O)N(C)c2ccc(N/C(=C3\C(=O)Cc4cc(C(=O)OC)ccc43)c3ccccc3)cc2)CC1. The molecule has 1 fully saturated rings. The first-order valence-electron chi connectivity index (χ1n) is 16.7. The number of likely N-dealkylation sites (N-methyl/N-ethyl adjacent to an activating group) is 1. The fourth-order valence-electron chi connectivity index (χ4n) is 5.98. The first-order chi connectivity index (χ1) is 23.4. The summed E-state index contributed by atoms with van der Waals surface area (Å²) in [5.74, 6) is -0.426. The number of nitrogens with one attached hydrogen (secondary N) is 1. The number of allylic oxidation sites excluding steroid dienone is 1. The third kappa shape index (κ3) is 8.96. The van der Waals surface area contributed by atoms with Crippen molar-refractivity contribution in [3.63, 3.8) is 0 Å². The molecular formula is C38H46N4O6. The summed E-state index contributed by atoms with van der Waals surface area (Å²) in [6.45, 7) is 9.56. The summed E-state index contributed by atoms with van der Waals surface area (Å²) in [5.41, 5.74) is 5.71. The Hall–Kier alpha value is -4.35. The van der Waals surface area contributed by atoms with E-state index in [9.17, 15) is 14.4 Å². The van der Waals surface area contributed by atoms with Crippen molar-refractivity contribution in [2.75, 3.05) is 90.1 Å². The molecule has 0 spiro atoms. The van der Waals surface area contributed by atoms with Gasteiger partial charge in [0.15, 0.2) is 5.78 Å². The van der Waals surface area contributed by atoms with E-state index in [0.717, 1.165) is 73.8 Å². The minimum atomic E-state index is -0.434. The highest BCUT2D eigenvalue weighted by atomic mass is 16.5. The molecule has 5 rings (SSSR count). The predicted molar refractivity (Wildman–Crippen MR) is 188 cm³/mol. The van der Waals surface area contributed by atoms with Crippen molar-refractivity contribution in [1.29, 1.82) is 0 Å². The van der Waals surface area contributed by atoms with Crippen LogP contribution in [0.3, 0.4) is 0 Å². The maximum absolute atomic E-state index is 13.4. The number of Topliss-reactive ketones (excluding diaryl/α,β-unsaturated/α-hetero) is 1. The Kier molecular flexibility index (Phi) is 12.5. The molecule has 3 aromatic rings. The fraction of sp³-hybridized carbons (Fsp3) is 0.395. The number of nitrogens with zero attached hydrogens (tertiary/aromatic N) is 3. The van der Waals surface area contributed by atoms with Crippen LogP contribution in [0.1, 0.15) is 40.4 Å². The van der Waals surface area contributed by atoms with Crippen LogP contribution < -0.4 is 10.2 Å². The molecule has 3 aromatic carbocycles. The number of amides is 1. The molecule has 1 amide bonds. The topological polar surface area (TPSA) is 101 Å². The Balaban J connectivity index is 1.19. The molecule has 1 N–H and O–H groups in total. The zero-order chi connectivity index (χ0) is 33.9. The Morgan fingerprint density at radius 2 is 1.52 bits per heavy atom. The molecule has 1 heterocycles. The first-order valence-corrected chi connectivity index (χ1v) is 16.7. The average molecular weight is 655 g/mol. The fourth-order valence-corrected chi connectivity index (χ4v) is 5.98. The number of hydrogen-bond acceptors (Lipinski definition) is 9. The smallest absolute Gasteiger partial charge is 0.337 e. The molecule has 0 bridgehead atoms. The highest BCUT2D eigenvalue weighted by Gasteiger charge is 2.29. The van der Waals surface area contributed by atoms with Crippen molar-refractivity contribution in [2.24, 2.45) is 0 Å². The zero-order valence-electron chi connectivity index (χ0n) is 28.2. The highest BCUT2D eigenvalue weighted by molar-refractivity contribution is 6.32. The van der Waals surface area contributed by atoms with Gasteiger partial charge in [0, 0.05) is 69.7 Å². The number of fused-ring (bicyclic) bond motifs is 1. The molecule has 2 aliphatic rings. The van der Waals surface area contributed by atoms with Crippen LogP contribution in [-0.4, -0.2) is 107 Å². The van der Waals surface area contributed by atoms with Crippen molar-refractivity contribution in [3.8, 4) is 0 Å². The minimum absolute atomic E-state index is 0.0256. The summed E-state index contributed by atoms with van der Waals surface area (Å²) in [6, 6.07) is 22.6. The maximum Gasteiger partial charge on any atom is 0.337 e. The van der Waals surface area contributed by atoms with Gasteiger partial charge in [0.2, 0.25) is 5.91 Å². The summed E-state index contributed by atoms with van der Waals surface area (Å²) in [4.78, 5) is 45.0. The second-order valence-corrected chi connectivity index (χ2v) is 12.0. The van der Waals surface area contributed by atoms with Crippen LogP contribution in [0.15, 0.2) is 72.8 Å². The molecule has 0 unspecified atom stereocenters. The molecule has 10 heteroatoms. The van der Waals surface area contributed by atoms with Gasteiger partial charge in [-0.05, 0) is 59.5 Å². The van der Waals surface area contributed by atoms with E-state index in [1.165, 1.54) is 7.11 Å². The van der Waals surface area contributed by atoms with E-state index < -0.39 is 5.97 Å². The predicted octanol–water partition coefficient (Wildman–Crippen LogP) is 4.60. The number of benzene rings is 3. The molecule has 0 radical (unpaired) electrons. The third-order valence-corrected chi connectivity index (χ3v) is 8.73. The number of carbonyl (C=O) groups is 3. The van der Waals surface area contributed by atoms with Crippen LogP contribution in [0.2, 0.25) is 0 Å². The summed E-state index contributed by atoms with van der Waals surface area (Å²) >= 11 is 0. The second-order valence-electron chi connectivity index (χ2n) is 12.0. The van der Waals surface area contributed by atoms with Gasteiger partial charge in [-0.3, -0.25) is 19.4 Å². The van der Waals surface area contributed by atoms with Crippen LogP contribution in [0.5, 0.6) is 0 Å². The van der Waals surface area contributed by atoms with Gasteiger partial charge in [-0.25, -0.2) is 4.79 Å². The van der Waals surface area contributed by atoms with Gasteiger partial charge in [0.05, 0.1) is 44.7 Å². The minimum Gasteiger partial charge on any atom is -0.465 e. The van der Waals surface area contributed by atoms with Crippen LogP contribution >= 0.6 is 0 Å². The van der Waals surface area contributed by atoms with Crippen molar-refractivity contribution >= 4 is 40.3 Å². The molecule has 1 saturated heterocycles. The van der Waals surface area contributed by atoms with Gasteiger partial charge in [0.25, 0.3) is 0 Å². The summed E-state index contributed by atoms with van der Waals surface area (Å²) in [5, 5.41) is 3.49. The lowest BCUT2D eigenvalue weighted by Gasteiger charge is -2.34. The molecule has 48 heavy (non-hydrogen) atoms. The maximum atomic E-state index is 13.4. The Morgan fingerprint density at radius 1 is 0.833 bits per heavy atom. The van der Waals surface area contributed by atoms with Crippen molar-refractivity contribution in [2.45, 2.75) is 19.8 Å². The Morgan fingerprint density at radius 3 is 2.21 bits per heavy atom. The van der Waals surface area contributed by atoms with Gasteiger partial charge < -0.3 is 24.4 Å². The number of hydrogen-bond donors (Lipinski definition) is 1. The van der Waals surface area contributed by atoms with E-state index in [4.69, 9.17) is 14.2 Å². The summed E-state index contributed by atoms with van der Waals surface area (Å²) < 4.78 is 16.0. The number of anilines is 2. The average Bonchev–Trinajstić information content (AvgIpc) is 3.45. The van der Waals surface area contributed by atoms with Crippen LogP contribution in [0.25, 0.3) is 11.3 Å². The normalized spacial score (nSPS) is 16.0. The molecule has 1 aliphatic heterocycles. The highest BCUT2D eigenvalue weighted by Crippen LogP contribution is 2.37. The molecule has 254 valence electrons. The standard InChI is InChI=1S/C38H46N4O6/c1-4-21-47-23-24-48-22-20-41-16-18-42(19-17-41)27-35(44)40(2)32-13-11-31(12-14-32)39-37(28-8-6-5-7-9-28)36-33-15-10-29(38(45)46-3)25-30(33)26-34(36)43/h5-15,25,39H,4,16-24,26-27H2,1-3H3/b37-36-. The van der Waals surface area contributed by atoms with E-state index in [-0.39, 0.29) is 18.1 Å². The van der Waals surface area contributed by atoms with Gasteiger partial charge >= 0.3 is 5.97 Å². The van der Waals surface area contributed by atoms with Gasteiger partial charge in [-0.2, -0.15) is 0 Å². The third-order valence-electron chi connectivity index (χ3n) is 8.73. The van der Waals surface area contributed by atoms with Crippen LogP contribution in [-0.2, 0) is 30.2 Å². The first kappa shape index (κ1) is 35.0. The monoisotopic (exact) mass is 654 g/mol. The Bertz CT molecular complexity index is 1580. The van der Waals surface area contributed by atoms with Crippen LogP contribution in [0, 0.1) is 0 Å². The number of ether oxygens (including phenoxy) is 3. The lowest BCUT2D eigenvalue weighted by atomic mass is 9.99. The molecular weight excluding hydrogens is 608 g/mol. The molecule has 10 nitrogen and oxygen atoms in total.